The van der Waals surface area contributed by atoms with E-state index in [1.165, 1.54) is 19.4 Å². The summed E-state index contributed by atoms with van der Waals surface area (Å²) in [4.78, 5) is 4.09. The highest BCUT2D eigenvalue weighted by Crippen LogP contribution is 2.41. The molecule has 0 saturated heterocycles. The average Bonchev–Trinajstić information content (AvgIpc) is 2.67. The summed E-state index contributed by atoms with van der Waals surface area (Å²) in [6.45, 7) is 3.43. The molecule has 0 atom stereocenters. The van der Waals surface area contributed by atoms with Crippen LogP contribution in [0.2, 0.25) is 0 Å². The van der Waals surface area contributed by atoms with Crippen LogP contribution in [0.5, 0.6) is 17.5 Å². The Hall–Kier alpha value is -3.36. The van der Waals surface area contributed by atoms with E-state index in [1.54, 1.807) is 26.0 Å². The Balaban J connectivity index is 2.18. The third-order valence-electron chi connectivity index (χ3n) is 4.29. The summed E-state index contributed by atoms with van der Waals surface area (Å²) >= 11 is 0. The summed E-state index contributed by atoms with van der Waals surface area (Å²) in [7, 11) is 1.43. The van der Waals surface area contributed by atoms with Crippen LogP contribution in [-0.4, -0.2) is 22.3 Å². The molecule has 0 radical (unpaired) electrons. The molecule has 3 aromatic rings. The predicted octanol–water partition coefficient (Wildman–Crippen LogP) is 4.56. The molecule has 0 spiro atoms. The minimum Gasteiger partial charge on any atom is -0.481 e. The maximum Gasteiger partial charge on any atom is 0.416 e. The Morgan fingerprint density at radius 1 is 0.964 bits per heavy atom. The number of ether oxygens (including phenoxy) is 2. The van der Waals surface area contributed by atoms with E-state index < -0.39 is 11.7 Å². The number of benzene rings is 1. The van der Waals surface area contributed by atoms with Crippen molar-refractivity contribution in [2.24, 2.45) is 0 Å². The zero-order valence-electron chi connectivity index (χ0n) is 15.3. The van der Waals surface area contributed by atoms with E-state index in [1.807, 2.05) is 0 Å². The van der Waals surface area contributed by atoms with Gasteiger partial charge in [-0.05, 0) is 44.2 Å². The third-order valence-corrected chi connectivity index (χ3v) is 4.29. The summed E-state index contributed by atoms with van der Waals surface area (Å²) in [5.41, 5.74) is 6.93. The molecule has 3 rings (SSSR count). The van der Waals surface area contributed by atoms with E-state index in [-0.39, 0.29) is 23.3 Å². The predicted molar refractivity (Wildman–Crippen MR) is 97.2 cm³/mol. The molecule has 146 valence electrons. The van der Waals surface area contributed by atoms with Gasteiger partial charge in [0.1, 0.15) is 11.6 Å². The zero-order valence-corrected chi connectivity index (χ0v) is 15.3. The first-order valence-electron chi connectivity index (χ1n) is 8.20. The highest BCUT2D eigenvalue weighted by Gasteiger charge is 2.32. The highest BCUT2D eigenvalue weighted by molar-refractivity contribution is 5.75. The normalized spacial score (nSPS) is 11.4. The van der Waals surface area contributed by atoms with Gasteiger partial charge in [-0.2, -0.15) is 13.2 Å². The lowest BCUT2D eigenvalue weighted by molar-refractivity contribution is -0.137. The van der Waals surface area contributed by atoms with Crippen LogP contribution in [0.4, 0.5) is 19.0 Å². The fourth-order valence-corrected chi connectivity index (χ4v) is 2.57. The van der Waals surface area contributed by atoms with E-state index in [9.17, 15) is 13.2 Å². The molecule has 0 aliphatic rings. The molecule has 0 fully saturated rings. The Morgan fingerprint density at radius 3 is 2.39 bits per heavy atom. The molecule has 0 aliphatic heterocycles. The van der Waals surface area contributed by atoms with Crippen molar-refractivity contribution in [2.45, 2.75) is 20.0 Å². The van der Waals surface area contributed by atoms with Crippen molar-refractivity contribution in [3.05, 3.63) is 53.2 Å². The number of hydrogen-bond acceptors (Lipinski definition) is 6. The second-order valence-corrected chi connectivity index (χ2v) is 6.01. The first-order valence-corrected chi connectivity index (χ1v) is 8.20. The van der Waals surface area contributed by atoms with E-state index in [0.717, 1.165) is 12.1 Å². The number of nitrogens with zero attached hydrogens (tertiary/aromatic N) is 3. The lowest BCUT2D eigenvalue weighted by atomic mass is 10.0. The Bertz CT molecular complexity index is 1020. The van der Waals surface area contributed by atoms with Crippen LogP contribution in [0.1, 0.15) is 16.7 Å². The minimum absolute atomic E-state index is 0.0531. The number of anilines is 1. The maximum atomic E-state index is 13.2. The molecule has 1 aromatic carbocycles. The number of hydrogen-bond donors (Lipinski definition) is 1. The van der Waals surface area contributed by atoms with Gasteiger partial charge in [0.05, 0.1) is 12.7 Å². The number of nitrogen functional groups attached to an aromatic ring is 1. The number of pyridine rings is 1. The summed E-state index contributed by atoms with van der Waals surface area (Å²) in [5.74, 6) is 0.490. The monoisotopic (exact) mass is 390 g/mol. The van der Waals surface area contributed by atoms with Crippen molar-refractivity contribution in [1.29, 1.82) is 0 Å². The van der Waals surface area contributed by atoms with Gasteiger partial charge in [0.15, 0.2) is 0 Å². The highest BCUT2D eigenvalue weighted by atomic mass is 19.4. The number of aromatic nitrogens is 3. The molecule has 0 unspecified atom stereocenters. The molecule has 0 amide bonds. The van der Waals surface area contributed by atoms with Gasteiger partial charge < -0.3 is 15.2 Å². The van der Waals surface area contributed by atoms with E-state index >= 15 is 0 Å². The first-order chi connectivity index (χ1) is 13.2. The standard InChI is InChI=1S/C19H17F3N4O2/c1-10-11(2)17(26-25-16(10)23)28-15-9-12(19(20,21)22)6-7-13(15)14-5-4-8-24-18(14)27-3/h4-9H,1-3H3,(H2,23,25). The Labute approximate surface area is 159 Å². The number of methoxy groups -OCH3 is 1. The zero-order chi connectivity index (χ0) is 20.5. The van der Waals surface area contributed by atoms with Gasteiger partial charge in [-0.1, -0.05) is 0 Å². The van der Waals surface area contributed by atoms with Crippen LogP contribution in [0.25, 0.3) is 11.1 Å². The summed E-state index contributed by atoms with van der Waals surface area (Å²) in [6.07, 6.45) is -3.01. The number of nitrogens with two attached hydrogens (primary N) is 1. The smallest absolute Gasteiger partial charge is 0.416 e. The summed E-state index contributed by atoms with van der Waals surface area (Å²) in [5, 5.41) is 7.66. The van der Waals surface area contributed by atoms with E-state index in [2.05, 4.69) is 15.2 Å². The lowest BCUT2D eigenvalue weighted by Gasteiger charge is -2.16. The van der Waals surface area contributed by atoms with Crippen LogP contribution < -0.4 is 15.2 Å². The van der Waals surface area contributed by atoms with Gasteiger partial charge >= 0.3 is 6.18 Å². The van der Waals surface area contributed by atoms with Gasteiger partial charge in [-0.25, -0.2) is 4.98 Å². The summed E-state index contributed by atoms with van der Waals surface area (Å²) in [6, 6.07) is 6.52. The quantitative estimate of drug-likeness (QED) is 0.703. The molecule has 0 bridgehead atoms. The van der Waals surface area contributed by atoms with Crippen molar-refractivity contribution >= 4 is 5.82 Å². The molecule has 0 aliphatic carbocycles. The number of rotatable bonds is 4. The molecular weight excluding hydrogens is 373 g/mol. The SMILES string of the molecule is COc1ncccc1-c1ccc(C(F)(F)F)cc1Oc1nnc(N)c(C)c1C. The fourth-order valence-electron chi connectivity index (χ4n) is 2.57. The van der Waals surface area contributed by atoms with Gasteiger partial charge in [0, 0.05) is 28.5 Å². The second kappa shape index (κ2) is 7.34. The molecule has 2 aromatic heterocycles. The summed E-state index contributed by atoms with van der Waals surface area (Å²) < 4.78 is 50.7. The lowest BCUT2D eigenvalue weighted by Crippen LogP contribution is -2.07. The van der Waals surface area contributed by atoms with Crippen molar-refractivity contribution in [2.75, 3.05) is 12.8 Å². The van der Waals surface area contributed by atoms with Gasteiger partial charge in [0.2, 0.25) is 11.8 Å². The van der Waals surface area contributed by atoms with Crippen molar-refractivity contribution in [3.63, 3.8) is 0 Å². The largest absolute Gasteiger partial charge is 0.481 e. The Morgan fingerprint density at radius 2 is 1.71 bits per heavy atom. The van der Waals surface area contributed by atoms with E-state index in [4.69, 9.17) is 15.2 Å². The first kappa shape index (κ1) is 19.4. The fraction of sp³-hybridized carbons (Fsp3) is 0.211. The van der Waals surface area contributed by atoms with Crippen LogP contribution in [-0.2, 0) is 6.18 Å². The van der Waals surface area contributed by atoms with Gasteiger partial charge in [-0.3, -0.25) is 0 Å². The molecule has 0 saturated carbocycles. The topological polar surface area (TPSA) is 83.2 Å². The average molecular weight is 390 g/mol. The van der Waals surface area contributed by atoms with Crippen LogP contribution >= 0.6 is 0 Å². The Kier molecular flexibility index (Phi) is 5.08. The second-order valence-electron chi connectivity index (χ2n) is 6.01. The number of halogens is 3. The minimum atomic E-state index is -4.53. The van der Waals surface area contributed by atoms with Crippen molar-refractivity contribution < 1.29 is 22.6 Å². The van der Waals surface area contributed by atoms with E-state index in [0.29, 0.717) is 22.3 Å². The number of alkyl halides is 3. The van der Waals surface area contributed by atoms with Crippen LogP contribution in [0.15, 0.2) is 36.5 Å². The third kappa shape index (κ3) is 3.68. The van der Waals surface area contributed by atoms with Crippen molar-refractivity contribution in [3.8, 4) is 28.6 Å². The van der Waals surface area contributed by atoms with Crippen LogP contribution in [0.3, 0.4) is 0 Å². The molecule has 28 heavy (non-hydrogen) atoms. The van der Waals surface area contributed by atoms with Gasteiger partial charge in [-0.15, -0.1) is 10.2 Å². The molecule has 6 nitrogen and oxygen atoms in total. The molecule has 9 heteroatoms. The molecule has 2 N–H and O–H groups in total. The van der Waals surface area contributed by atoms with Gasteiger partial charge in [0.25, 0.3) is 0 Å². The molecular formula is C19H17F3N4O2. The van der Waals surface area contributed by atoms with Crippen molar-refractivity contribution in [1.82, 2.24) is 15.2 Å². The maximum absolute atomic E-state index is 13.2. The van der Waals surface area contributed by atoms with Crippen LogP contribution in [0, 0.1) is 13.8 Å². The molecule has 2 heterocycles.